The van der Waals surface area contributed by atoms with Gasteiger partial charge in [0, 0.05) is 16.1 Å². The molecule has 1 aromatic carbocycles. The standard InChI is InChI=1S/C12H18BrNO/c1-12(2,3)11(14)9-7-8(13)5-6-10(9)15-4/h5-7,11H,14H2,1-4H3/t11-/m0/s1. The highest BCUT2D eigenvalue weighted by Crippen LogP contribution is 2.36. The Hall–Kier alpha value is -0.540. The summed E-state index contributed by atoms with van der Waals surface area (Å²) in [5, 5.41) is 0. The molecule has 0 bridgehead atoms. The Labute approximate surface area is 99.9 Å². The molecule has 0 amide bonds. The number of rotatable bonds is 2. The summed E-state index contributed by atoms with van der Waals surface area (Å²) in [5.74, 6) is 0.848. The van der Waals surface area contributed by atoms with Crippen molar-refractivity contribution in [3.05, 3.63) is 28.2 Å². The molecule has 15 heavy (non-hydrogen) atoms. The summed E-state index contributed by atoms with van der Waals surface area (Å²) in [7, 11) is 1.67. The van der Waals surface area contributed by atoms with Crippen LogP contribution in [0.2, 0.25) is 0 Å². The number of halogens is 1. The van der Waals surface area contributed by atoms with Gasteiger partial charge in [0.25, 0.3) is 0 Å². The topological polar surface area (TPSA) is 35.2 Å². The lowest BCUT2D eigenvalue weighted by Gasteiger charge is -2.28. The van der Waals surface area contributed by atoms with E-state index in [0.717, 1.165) is 15.8 Å². The first-order chi connectivity index (χ1) is 6.86. The van der Waals surface area contributed by atoms with Crippen LogP contribution in [-0.2, 0) is 0 Å². The third-order valence-electron chi connectivity index (χ3n) is 2.46. The Bertz CT molecular complexity index is 344. The largest absolute Gasteiger partial charge is 0.496 e. The van der Waals surface area contributed by atoms with E-state index in [-0.39, 0.29) is 11.5 Å². The van der Waals surface area contributed by atoms with Crippen molar-refractivity contribution in [3.63, 3.8) is 0 Å². The van der Waals surface area contributed by atoms with Crippen LogP contribution in [0.4, 0.5) is 0 Å². The zero-order valence-electron chi connectivity index (χ0n) is 9.67. The van der Waals surface area contributed by atoms with E-state index < -0.39 is 0 Å². The molecule has 2 N–H and O–H groups in total. The van der Waals surface area contributed by atoms with E-state index in [4.69, 9.17) is 10.5 Å². The molecular formula is C12H18BrNO. The Morgan fingerprint density at radius 1 is 1.33 bits per heavy atom. The Balaban J connectivity index is 3.17. The molecule has 0 aromatic heterocycles. The van der Waals surface area contributed by atoms with Gasteiger partial charge >= 0.3 is 0 Å². The first kappa shape index (κ1) is 12.5. The van der Waals surface area contributed by atoms with Crippen LogP contribution in [0.1, 0.15) is 32.4 Å². The zero-order chi connectivity index (χ0) is 11.6. The fourth-order valence-electron chi connectivity index (χ4n) is 1.41. The molecule has 84 valence electrons. The molecule has 3 heteroatoms. The van der Waals surface area contributed by atoms with Crippen molar-refractivity contribution in [2.24, 2.45) is 11.1 Å². The summed E-state index contributed by atoms with van der Waals surface area (Å²) in [6, 6.07) is 5.88. The third-order valence-corrected chi connectivity index (χ3v) is 2.95. The van der Waals surface area contributed by atoms with E-state index in [1.54, 1.807) is 7.11 Å². The van der Waals surface area contributed by atoms with Gasteiger partial charge in [-0.3, -0.25) is 0 Å². The summed E-state index contributed by atoms with van der Waals surface area (Å²) in [5.41, 5.74) is 7.28. The van der Waals surface area contributed by atoms with Crippen molar-refractivity contribution in [1.82, 2.24) is 0 Å². The van der Waals surface area contributed by atoms with Crippen LogP contribution >= 0.6 is 15.9 Å². The van der Waals surface area contributed by atoms with Crippen LogP contribution in [-0.4, -0.2) is 7.11 Å². The summed E-state index contributed by atoms with van der Waals surface area (Å²) in [4.78, 5) is 0. The Morgan fingerprint density at radius 3 is 2.40 bits per heavy atom. The van der Waals surface area contributed by atoms with E-state index in [1.165, 1.54) is 0 Å². The van der Waals surface area contributed by atoms with E-state index in [2.05, 4.69) is 36.7 Å². The quantitative estimate of drug-likeness (QED) is 0.894. The third kappa shape index (κ3) is 2.95. The van der Waals surface area contributed by atoms with E-state index in [9.17, 15) is 0 Å². The van der Waals surface area contributed by atoms with E-state index in [1.807, 2.05) is 18.2 Å². The second kappa shape index (κ2) is 4.54. The minimum Gasteiger partial charge on any atom is -0.496 e. The van der Waals surface area contributed by atoms with Crippen LogP contribution < -0.4 is 10.5 Å². The van der Waals surface area contributed by atoms with Crippen molar-refractivity contribution in [2.75, 3.05) is 7.11 Å². The van der Waals surface area contributed by atoms with E-state index in [0.29, 0.717) is 0 Å². The van der Waals surface area contributed by atoms with Crippen molar-refractivity contribution in [1.29, 1.82) is 0 Å². The summed E-state index contributed by atoms with van der Waals surface area (Å²) in [6.45, 7) is 6.37. The van der Waals surface area contributed by atoms with Crippen molar-refractivity contribution in [2.45, 2.75) is 26.8 Å². The fraction of sp³-hybridized carbons (Fsp3) is 0.500. The van der Waals surface area contributed by atoms with Crippen LogP contribution in [0.5, 0.6) is 5.75 Å². The number of hydrogen-bond acceptors (Lipinski definition) is 2. The van der Waals surface area contributed by atoms with Crippen LogP contribution in [0.25, 0.3) is 0 Å². The molecule has 0 aliphatic carbocycles. The lowest BCUT2D eigenvalue weighted by atomic mass is 9.83. The van der Waals surface area contributed by atoms with Gasteiger partial charge < -0.3 is 10.5 Å². The normalized spacial score (nSPS) is 13.7. The summed E-state index contributed by atoms with van der Waals surface area (Å²) >= 11 is 3.45. The first-order valence-corrected chi connectivity index (χ1v) is 5.74. The molecule has 0 aliphatic heterocycles. The Kier molecular flexibility index (Phi) is 3.79. The van der Waals surface area contributed by atoms with Gasteiger partial charge in [-0.2, -0.15) is 0 Å². The van der Waals surface area contributed by atoms with Crippen LogP contribution in [0, 0.1) is 5.41 Å². The van der Waals surface area contributed by atoms with Gasteiger partial charge in [-0.15, -0.1) is 0 Å². The molecule has 0 heterocycles. The lowest BCUT2D eigenvalue weighted by Crippen LogP contribution is -2.26. The molecule has 1 aromatic rings. The van der Waals surface area contributed by atoms with Crippen molar-refractivity contribution in [3.8, 4) is 5.75 Å². The number of methoxy groups -OCH3 is 1. The van der Waals surface area contributed by atoms with Gasteiger partial charge in [0.15, 0.2) is 0 Å². The van der Waals surface area contributed by atoms with Gasteiger partial charge in [-0.1, -0.05) is 36.7 Å². The maximum Gasteiger partial charge on any atom is 0.123 e. The zero-order valence-corrected chi connectivity index (χ0v) is 11.3. The highest BCUT2D eigenvalue weighted by Gasteiger charge is 2.25. The Morgan fingerprint density at radius 2 is 1.93 bits per heavy atom. The van der Waals surface area contributed by atoms with Crippen LogP contribution in [0.3, 0.4) is 0 Å². The van der Waals surface area contributed by atoms with Gasteiger partial charge in [0.2, 0.25) is 0 Å². The minimum atomic E-state index is -0.0371. The smallest absolute Gasteiger partial charge is 0.123 e. The van der Waals surface area contributed by atoms with Gasteiger partial charge in [-0.25, -0.2) is 0 Å². The second-order valence-corrected chi connectivity index (χ2v) is 5.65. The maximum absolute atomic E-state index is 6.22. The maximum atomic E-state index is 6.22. The molecule has 0 radical (unpaired) electrons. The number of ether oxygens (including phenoxy) is 1. The second-order valence-electron chi connectivity index (χ2n) is 4.73. The lowest BCUT2D eigenvalue weighted by molar-refractivity contribution is 0.314. The average Bonchev–Trinajstić information content (AvgIpc) is 2.15. The molecule has 0 fully saturated rings. The van der Waals surface area contributed by atoms with Gasteiger partial charge in [0.05, 0.1) is 7.11 Å². The molecule has 0 unspecified atom stereocenters. The van der Waals surface area contributed by atoms with Crippen molar-refractivity contribution < 1.29 is 4.74 Å². The molecule has 0 saturated carbocycles. The molecule has 1 rings (SSSR count). The molecule has 2 nitrogen and oxygen atoms in total. The average molecular weight is 272 g/mol. The predicted octanol–water partition coefficient (Wildman–Crippen LogP) is 3.50. The molecule has 0 spiro atoms. The first-order valence-electron chi connectivity index (χ1n) is 4.95. The van der Waals surface area contributed by atoms with E-state index >= 15 is 0 Å². The SMILES string of the molecule is COc1ccc(Br)cc1[C@H](N)C(C)(C)C. The molecular weight excluding hydrogens is 254 g/mol. The number of nitrogens with two attached hydrogens (primary N) is 1. The summed E-state index contributed by atoms with van der Waals surface area (Å²) in [6.07, 6.45) is 0. The highest BCUT2D eigenvalue weighted by molar-refractivity contribution is 9.10. The fourth-order valence-corrected chi connectivity index (χ4v) is 1.79. The number of hydrogen-bond donors (Lipinski definition) is 1. The molecule has 1 atom stereocenters. The molecule has 0 aliphatic rings. The highest BCUT2D eigenvalue weighted by atomic mass is 79.9. The minimum absolute atomic E-state index is 0.0219. The van der Waals surface area contributed by atoms with Gasteiger partial charge in [-0.05, 0) is 23.6 Å². The monoisotopic (exact) mass is 271 g/mol. The number of benzene rings is 1. The summed E-state index contributed by atoms with van der Waals surface area (Å²) < 4.78 is 6.34. The van der Waals surface area contributed by atoms with Crippen LogP contribution in [0.15, 0.2) is 22.7 Å². The van der Waals surface area contributed by atoms with Gasteiger partial charge in [0.1, 0.15) is 5.75 Å². The predicted molar refractivity (Wildman–Crippen MR) is 67.1 cm³/mol. The molecule has 0 saturated heterocycles. The van der Waals surface area contributed by atoms with Crippen molar-refractivity contribution >= 4 is 15.9 Å².